The normalized spacial score (nSPS) is 12.0. The number of carbonyl (C=O) groups is 2. The minimum absolute atomic E-state index is 0.0228. The van der Waals surface area contributed by atoms with Crippen molar-refractivity contribution in [1.82, 2.24) is 10.2 Å². The van der Waals surface area contributed by atoms with Crippen LogP contribution >= 0.6 is 0 Å². The van der Waals surface area contributed by atoms with E-state index in [-0.39, 0.29) is 12.5 Å². The second kappa shape index (κ2) is 11.6. The van der Waals surface area contributed by atoms with Gasteiger partial charge in [-0.1, -0.05) is 19.1 Å². The van der Waals surface area contributed by atoms with Gasteiger partial charge in [-0.25, -0.2) is 12.8 Å². The number of carbonyl (C=O) groups excluding carboxylic acids is 2. The molecule has 0 bridgehead atoms. The lowest BCUT2D eigenvalue weighted by molar-refractivity contribution is -0.140. The second-order valence-electron chi connectivity index (χ2n) is 7.43. The van der Waals surface area contributed by atoms with Crippen molar-refractivity contribution in [2.75, 3.05) is 30.8 Å². The highest BCUT2D eigenvalue weighted by molar-refractivity contribution is 7.92. The van der Waals surface area contributed by atoms with Crippen LogP contribution in [0.25, 0.3) is 0 Å². The highest BCUT2D eigenvalue weighted by atomic mass is 32.2. The van der Waals surface area contributed by atoms with E-state index in [4.69, 9.17) is 4.74 Å². The molecule has 0 aliphatic carbocycles. The minimum Gasteiger partial charge on any atom is -0.497 e. The van der Waals surface area contributed by atoms with Gasteiger partial charge < -0.3 is 15.0 Å². The monoisotopic (exact) mass is 479 g/mol. The average Bonchev–Trinajstić information content (AvgIpc) is 2.78. The number of hydrogen-bond acceptors (Lipinski definition) is 5. The zero-order valence-corrected chi connectivity index (χ0v) is 20.1. The van der Waals surface area contributed by atoms with Crippen molar-refractivity contribution in [3.05, 3.63) is 59.9 Å². The fourth-order valence-electron chi connectivity index (χ4n) is 3.36. The van der Waals surface area contributed by atoms with Crippen LogP contribution in [-0.4, -0.2) is 57.6 Å². The number of anilines is 1. The Hall–Kier alpha value is -3.14. The predicted molar refractivity (Wildman–Crippen MR) is 125 cm³/mol. The van der Waals surface area contributed by atoms with Crippen molar-refractivity contribution < 1.29 is 27.1 Å². The van der Waals surface area contributed by atoms with Crippen LogP contribution in [-0.2, 0) is 26.2 Å². The van der Waals surface area contributed by atoms with Crippen molar-refractivity contribution in [3.8, 4) is 5.75 Å². The van der Waals surface area contributed by atoms with Crippen molar-refractivity contribution in [2.24, 2.45) is 0 Å². The van der Waals surface area contributed by atoms with Crippen LogP contribution in [0.5, 0.6) is 5.75 Å². The maximum Gasteiger partial charge on any atom is 0.244 e. The van der Waals surface area contributed by atoms with Gasteiger partial charge in [-0.3, -0.25) is 13.9 Å². The van der Waals surface area contributed by atoms with E-state index in [9.17, 15) is 22.4 Å². The fourth-order valence-corrected chi connectivity index (χ4v) is 4.21. The first-order valence-corrected chi connectivity index (χ1v) is 12.4. The van der Waals surface area contributed by atoms with Gasteiger partial charge in [0.2, 0.25) is 21.8 Å². The molecular weight excluding hydrogens is 449 g/mol. The molecule has 2 aromatic rings. The highest BCUT2D eigenvalue weighted by Crippen LogP contribution is 2.22. The van der Waals surface area contributed by atoms with Crippen LogP contribution < -0.4 is 14.4 Å². The number of sulfonamides is 1. The fraction of sp³-hybridized carbons (Fsp3) is 0.391. The lowest BCUT2D eigenvalue weighted by atomic mass is 10.1. The van der Waals surface area contributed by atoms with Gasteiger partial charge in [0, 0.05) is 13.1 Å². The van der Waals surface area contributed by atoms with E-state index < -0.39 is 34.3 Å². The van der Waals surface area contributed by atoms with Crippen LogP contribution in [0.2, 0.25) is 0 Å². The number of nitrogens with one attached hydrogen (secondary N) is 1. The van der Waals surface area contributed by atoms with Crippen LogP contribution in [0.1, 0.15) is 25.8 Å². The van der Waals surface area contributed by atoms with E-state index in [1.165, 1.54) is 36.3 Å². The number of halogens is 1. The molecule has 180 valence electrons. The molecule has 0 unspecified atom stereocenters. The van der Waals surface area contributed by atoms with Crippen LogP contribution in [0.15, 0.2) is 48.5 Å². The van der Waals surface area contributed by atoms with Crippen LogP contribution in [0, 0.1) is 5.82 Å². The molecule has 0 fully saturated rings. The number of ether oxygens (including phenoxy) is 1. The minimum atomic E-state index is -3.81. The third-order valence-electron chi connectivity index (χ3n) is 5.04. The van der Waals surface area contributed by atoms with E-state index >= 15 is 0 Å². The molecule has 0 saturated heterocycles. The Morgan fingerprint density at radius 3 is 2.15 bits per heavy atom. The smallest absolute Gasteiger partial charge is 0.244 e. The molecule has 2 rings (SSSR count). The molecule has 0 heterocycles. The van der Waals surface area contributed by atoms with Gasteiger partial charge in [0.25, 0.3) is 0 Å². The maximum atomic E-state index is 13.4. The molecule has 2 amide bonds. The van der Waals surface area contributed by atoms with Crippen LogP contribution in [0.4, 0.5) is 10.1 Å². The van der Waals surface area contributed by atoms with E-state index in [1.54, 1.807) is 38.1 Å². The van der Waals surface area contributed by atoms with Gasteiger partial charge in [-0.2, -0.15) is 0 Å². The van der Waals surface area contributed by atoms with Gasteiger partial charge in [0.05, 0.1) is 19.1 Å². The summed E-state index contributed by atoms with van der Waals surface area (Å²) in [4.78, 5) is 27.4. The van der Waals surface area contributed by atoms with Crippen molar-refractivity contribution in [3.63, 3.8) is 0 Å². The molecule has 1 N–H and O–H groups in total. The SMILES string of the molecule is CCNC(=O)[C@@H](CC)N(Cc1ccc(F)cc1)C(=O)CN(c1ccc(OC)cc1)S(C)(=O)=O. The molecule has 0 radical (unpaired) electrons. The topological polar surface area (TPSA) is 96.0 Å². The molecular formula is C23H30FN3O5S. The molecule has 0 spiro atoms. The number of methoxy groups -OCH3 is 1. The molecule has 1 atom stereocenters. The Morgan fingerprint density at radius 1 is 1.06 bits per heavy atom. The number of rotatable bonds is 11. The van der Waals surface area contributed by atoms with Gasteiger partial charge in [0.1, 0.15) is 24.2 Å². The summed E-state index contributed by atoms with van der Waals surface area (Å²) in [5.74, 6) is -0.779. The van der Waals surface area contributed by atoms with E-state index in [1.807, 2.05) is 0 Å². The summed E-state index contributed by atoms with van der Waals surface area (Å²) in [6, 6.07) is 11.0. The molecule has 33 heavy (non-hydrogen) atoms. The first-order valence-electron chi connectivity index (χ1n) is 10.5. The lowest BCUT2D eigenvalue weighted by Crippen LogP contribution is -2.52. The summed E-state index contributed by atoms with van der Waals surface area (Å²) in [5, 5.41) is 2.72. The molecule has 0 aromatic heterocycles. The summed E-state index contributed by atoms with van der Waals surface area (Å²) in [7, 11) is -2.32. The second-order valence-corrected chi connectivity index (χ2v) is 9.34. The Kier molecular flexibility index (Phi) is 9.22. The average molecular weight is 480 g/mol. The number of amides is 2. The first kappa shape index (κ1) is 26.1. The van der Waals surface area contributed by atoms with E-state index in [2.05, 4.69) is 5.32 Å². The largest absolute Gasteiger partial charge is 0.497 e. The van der Waals surface area contributed by atoms with Gasteiger partial charge in [-0.15, -0.1) is 0 Å². The zero-order valence-electron chi connectivity index (χ0n) is 19.2. The molecule has 2 aromatic carbocycles. The maximum absolute atomic E-state index is 13.4. The van der Waals surface area contributed by atoms with Gasteiger partial charge in [0.15, 0.2) is 0 Å². The summed E-state index contributed by atoms with van der Waals surface area (Å²) >= 11 is 0. The third kappa shape index (κ3) is 7.18. The van der Waals surface area contributed by atoms with Gasteiger partial charge in [-0.05, 0) is 55.3 Å². The van der Waals surface area contributed by atoms with E-state index in [0.29, 0.717) is 30.0 Å². The number of benzene rings is 2. The summed E-state index contributed by atoms with van der Waals surface area (Å²) < 4.78 is 44.5. The summed E-state index contributed by atoms with van der Waals surface area (Å²) in [5.41, 5.74) is 0.905. The quantitative estimate of drug-likeness (QED) is 0.534. The molecule has 8 nitrogen and oxygen atoms in total. The Bertz CT molecular complexity index is 1040. The Labute approximate surface area is 194 Å². The van der Waals surface area contributed by atoms with Crippen molar-refractivity contribution in [1.29, 1.82) is 0 Å². The number of hydrogen-bond donors (Lipinski definition) is 1. The molecule has 10 heteroatoms. The van der Waals surface area contributed by atoms with Crippen molar-refractivity contribution in [2.45, 2.75) is 32.9 Å². The highest BCUT2D eigenvalue weighted by Gasteiger charge is 2.31. The predicted octanol–water partition coefficient (Wildman–Crippen LogP) is 2.54. The first-order chi connectivity index (χ1) is 15.6. The van der Waals surface area contributed by atoms with E-state index in [0.717, 1.165) is 10.6 Å². The van der Waals surface area contributed by atoms with Crippen LogP contribution in [0.3, 0.4) is 0 Å². The standard InChI is InChI=1S/C23H30FN3O5S/c1-5-21(23(29)25-6-2)26(15-17-7-9-18(24)10-8-17)22(28)16-27(33(4,30)31)19-11-13-20(32-3)14-12-19/h7-14,21H,5-6,15-16H2,1-4H3,(H,25,29)/t21-/m1/s1. The Morgan fingerprint density at radius 2 is 1.67 bits per heavy atom. The zero-order chi connectivity index (χ0) is 24.6. The Balaban J connectivity index is 2.40. The summed E-state index contributed by atoms with van der Waals surface area (Å²) in [6.45, 7) is 3.45. The van der Waals surface area contributed by atoms with Crippen molar-refractivity contribution >= 4 is 27.5 Å². The number of likely N-dealkylation sites (N-methyl/N-ethyl adjacent to an activating group) is 1. The number of nitrogens with zero attached hydrogens (tertiary/aromatic N) is 2. The summed E-state index contributed by atoms with van der Waals surface area (Å²) in [6.07, 6.45) is 1.33. The lowest BCUT2D eigenvalue weighted by Gasteiger charge is -2.32. The molecule has 0 saturated carbocycles. The third-order valence-corrected chi connectivity index (χ3v) is 6.18. The molecule has 0 aliphatic heterocycles. The molecule has 0 aliphatic rings. The van der Waals surface area contributed by atoms with Gasteiger partial charge >= 0.3 is 0 Å².